The van der Waals surface area contributed by atoms with Gasteiger partial charge in [0.15, 0.2) is 0 Å². The van der Waals surface area contributed by atoms with Gasteiger partial charge in [-0.2, -0.15) is 0 Å². The molecule has 0 amide bonds. The largest absolute Gasteiger partial charge is 0.491 e. The lowest BCUT2D eigenvalue weighted by Gasteiger charge is -2.12. The zero-order valence-electron chi connectivity index (χ0n) is 12.7. The fourth-order valence-electron chi connectivity index (χ4n) is 1.95. The van der Waals surface area contributed by atoms with E-state index in [0.29, 0.717) is 11.3 Å². The Balaban J connectivity index is 2.13. The van der Waals surface area contributed by atoms with Crippen LogP contribution in [0, 0.1) is 5.82 Å². The number of hydrogen-bond donors (Lipinski definition) is 1. The Morgan fingerprint density at radius 2 is 1.96 bits per heavy atom. The van der Waals surface area contributed by atoms with Crippen molar-refractivity contribution >= 4 is 21.6 Å². The minimum atomic E-state index is -3.97. The minimum absolute atomic E-state index is 0.0186. The maximum Gasteiger partial charge on any atom is 0.243 e. The monoisotopic (exact) mass is 357 g/mol. The Labute approximate surface area is 140 Å². The summed E-state index contributed by atoms with van der Waals surface area (Å²) in [6, 6.07) is 10.5. The molecule has 0 aromatic heterocycles. The Kier molecular flexibility index (Phi) is 5.62. The molecule has 0 bridgehead atoms. The molecule has 23 heavy (non-hydrogen) atoms. The quantitative estimate of drug-likeness (QED) is 0.856. The van der Waals surface area contributed by atoms with Crippen molar-refractivity contribution in [3.63, 3.8) is 0 Å². The summed E-state index contributed by atoms with van der Waals surface area (Å²) in [7, 11) is -3.97. The van der Waals surface area contributed by atoms with Crippen molar-refractivity contribution < 1.29 is 17.5 Å². The summed E-state index contributed by atoms with van der Waals surface area (Å²) in [4.78, 5) is -0.434. The van der Waals surface area contributed by atoms with Gasteiger partial charge >= 0.3 is 0 Å². The molecule has 0 aliphatic rings. The van der Waals surface area contributed by atoms with E-state index in [1.54, 1.807) is 24.3 Å². The van der Waals surface area contributed by atoms with Gasteiger partial charge in [0.2, 0.25) is 10.0 Å². The Hall–Kier alpha value is -1.63. The molecule has 1 N–H and O–H groups in total. The molecule has 0 aliphatic carbocycles. The highest BCUT2D eigenvalue weighted by atomic mass is 35.5. The van der Waals surface area contributed by atoms with E-state index in [-0.39, 0.29) is 17.7 Å². The molecule has 124 valence electrons. The number of rotatable bonds is 6. The highest BCUT2D eigenvalue weighted by molar-refractivity contribution is 7.89. The first kappa shape index (κ1) is 17.7. The van der Waals surface area contributed by atoms with Gasteiger partial charge in [-0.1, -0.05) is 23.7 Å². The Bertz CT molecular complexity index is 794. The third kappa shape index (κ3) is 4.92. The first-order valence-electron chi connectivity index (χ1n) is 6.98. The fourth-order valence-corrected chi connectivity index (χ4v) is 3.18. The Morgan fingerprint density at radius 1 is 1.22 bits per heavy atom. The lowest BCUT2D eigenvalue weighted by atomic mass is 10.2. The van der Waals surface area contributed by atoms with Gasteiger partial charge < -0.3 is 4.74 Å². The van der Waals surface area contributed by atoms with Crippen LogP contribution in [0.3, 0.4) is 0 Å². The van der Waals surface area contributed by atoms with Gasteiger partial charge in [0, 0.05) is 11.6 Å². The van der Waals surface area contributed by atoms with Crippen molar-refractivity contribution in [2.24, 2.45) is 0 Å². The van der Waals surface area contributed by atoms with E-state index in [1.165, 1.54) is 6.07 Å². The first-order chi connectivity index (χ1) is 10.8. The molecule has 0 aliphatic heterocycles. The fraction of sp³-hybridized carbons (Fsp3) is 0.250. The summed E-state index contributed by atoms with van der Waals surface area (Å²) < 4.78 is 46.0. The predicted molar refractivity (Wildman–Crippen MR) is 87.6 cm³/mol. The molecule has 4 nitrogen and oxygen atoms in total. The maximum atomic E-state index is 13.8. The van der Waals surface area contributed by atoms with Gasteiger partial charge in [-0.15, -0.1) is 0 Å². The highest BCUT2D eigenvalue weighted by Crippen LogP contribution is 2.20. The number of hydrogen-bond acceptors (Lipinski definition) is 3. The van der Waals surface area contributed by atoms with Crippen molar-refractivity contribution in [1.82, 2.24) is 4.72 Å². The average molecular weight is 358 g/mol. The minimum Gasteiger partial charge on any atom is -0.491 e. The topological polar surface area (TPSA) is 55.4 Å². The van der Waals surface area contributed by atoms with E-state index in [1.807, 2.05) is 13.8 Å². The summed E-state index contributed by atoms with van der Waals surface area (Å²) in [5.41, 5.74) is 0.709. The molecule has 0 spiro atoms. The van der Waals surface area contributed by atoms with E-state index >= 15 is 0 Å². The van der Waals surface area contributed by atoms with Crippen LogP contribution in [-0.2, 0) is 16.6 Å². The zero-order chi connectivity index (χ0) is 17.0. The molecular formula is C16H17ClFNO3S. The van der Waals surface area contributed by atoms with E-state index in [2.05, 4.69) is 4.72 Å². The van der Waals surface area contributed by atoms with Crippen LogP contribution < -0.4 is 9.46 Å². The SMILES string of the molecule is CC(C)Oc1cccc(CNS(=O)(=O)c2ccc(Cl)cc2F)c1. The highest BCUT2D eigenvalue weighted by Gasteiger charge is 2.19. The lowest BCUT2D eigenvalue weighted by molar-refractivity contribution is 0.242. The van der Waals surface area contributed by atoms with E-state index in [9.17, 15) is 12.8 Å². The van der Waals surface area contributed by atoms with E-state index in [0.717, 1.165) is 12.1 Å². The third-order valence-electron chi connectivity index (χ3n) is 2.92. The summed E-state index contributed by atoms with van der Waals surface area (Å²) in [5, 5.41) is 0.139. The summed E-state index contributed by atoms with van der Waals surface area (Å²) >= 11 is 5.63. The van der Waals surface area contributed by atoms with Crippen LogP contribution in [0.2, 0.25) is 5.02 Å². The van der Waals surface area contributed by atoms with Crippen LogP contribution in [0.5, 0.6) is 5.75 Å². The molecule has 0 heterocycles. The molecule has 7 heteroatoms. The van der Waals surface area contributed by atoms with Crippen molar-refractivity contribution in [3.05, 3.63) is 58.9 Å². The van der Waals surface area contributed by atoms with Crippen molar-refractivity contribution in [2.45, 2.75) is 31.4 Å². The molecular weight excluding hydrogens is 341 g/mol. The number of benzene rings is 2. The van der Waals surface area contributed by atoms with Gasteiger partial charge in [-0.3, -0.25) is 0 Å². The van der Waals surface area contributed by atoms with Crippen molar-refractivity contribution in [2.75, 3.05) is 0 Å². The van der Waals surface area contributed by atoms with Crippen LogP contribution in [-0.4, -0.2) is 14.5 Å². The normalized spacial score (nSPS) is 11.7. The van der Waals surface area contributed by atoms with Crippen LogP contribution in [0.4, 0.5) is 4.39 Å². The van der Waals surface area contributed by atoms with Gasteiger partial charge in [0.1, 0.15) is 16.5 Å². The molecule has 0 unspecified atom stereocenters. The van der Waals surface area contributed by atoms with Crippen LogP contribution in [0.15, 0.2) is 47.4 Å². The van der Waals surface area contributed by atoms with Crippen LogP contribution in [0.1, 0.15) is 19.4 Å². The second kappa shape index (κ2) is 7.29. The zero-order valence-corrected chi connectivity index (χ0v) is 14.3. The number of halogens is 2. The van der Waals surface area contributed by atoms with Gasteiger partial charge in [0.25, 0.3) is 0 Å². The summed E-state index contributed by atoms with van der Waals surface area (Å²) in [5.74, 6) is -0.240. The molecule has 0 radical (unpaired) electrons. The predicted octanol–water partition coefficient (Wildman–Crippen LogP) is 3.74. The molecule has 0 fully saturated rings. The van der Waals surface area contributed by atoms with E-state index in [4.69, 9.17) is 16.3 Å². The number of nitrogens with one attached hydrogen (secondary N) is 1. The smallest absolute Gasteiger partial charge is 0.243 e. The molecule has 0 saturated carbocycles. The summed E-state index contributed by atoms with van der Waals surface area (Å²) in [6.45, 7) is 3.83. The maximum absolute atomic E-state index is 13.8. The summed E-state index contributed by atoms with van der Waals surface area (Å²) in [6.07, 6.45) is 0.0186. The molecule has 2 aromatic carbocycles. The van der Waals surface area contributed by atoms with Gasteiger partial charge in [0.05, 0.1) is 6.10 Å². The lowest BCUT2D eigenvalue weighted by Crippen LogP contribution is -2.24. The van der Waals surface area contributed by atoms with Crippen LogP contribution in [0.25, 0.3) is 0 Å². The number of ether oxygens (including phenoxy) is 1. The van der Waals surface area contributed by atoms with Crippen LogP contribution >= 0.6 is 11.6 Å². The standard InChI is InChI=1S/C16H17ClFNO3S/c1-11(2)22-14-5-3-4-12(8-14)10-19-23(20,21)16-7-6-13(17)9-15(16)18/h3-9,11,19H,10H2,1-2H3. The first-order valence-corrected chi connectivity index (χ1v) is 8.84. The number of sulfonamides is 1. The molecule has 0 saturated heterocycles. The molecule has 0 atom stereocenters. The second-order valence-corrected chi connectivity index (χ2v) is 7.39. The van der Waals surface area contributed by atoms with Crippen molar-refractivity contribution in [3.8, 4) is 5.75 Å². The van der Waals surface area contributed by atoms with E-state index < -0.39 is 20.7 Å². The van der Waals surface area contributed by atoms with Gasteiger partial charge in [-0.05, 0) is 49.7 Å². The molecule has 2 aromatic rings. The van der Waals surface area contributed by atoms with Gasteiger partial charge in [-0.25, -0.2) is 17.5 Å². The Morgan fingerprint density at radius 3 is 2.61 bits per heavy atom. The second-order valence-electron chi connectivity index (χ2n) is 5.21. The third-order valence-corrected chi connectivity index (χ3v) is 4.59. The molecule has 2 rings (SSSR count). The average Bonchev–Trinajstić information content (AvgIpc) is 2.44. The van der Waals surface area contributed by atoms with Crippen molar-refractivity contribution in [1.29, 1.82) is 0 Å².